The first kappa shape index (κ1) is 16.1. The van der Waals surface area contributed by atoms with E-state index in [-0.39, 0.29) is 5.56 Å². The maximum atomic E-state index is 12.2. The van der Waals surface area contributed by atoms with Crippen LogP contribution in [-0.2, 0) is 13.0 Å². The number of para-hydroxylation sites is 1. The summed E-state index contributed by atoms with van der Waals surface area (Å²) in [7, 11) is 0. The van der Waals surface area contributed by atoms with Crippen molar-refractivity contribution in [1.82, 2.24) is 14.7 Å². The summed E-state index contributed by atoms with van der Waals surface area (Å²) < 4.78 is 3.12. The van der Waals surface area contributed by atoms with E-state index >= 15 is 0 Å². The van der Waals surface area contributed by atoms with Gasteiger partial charge in [-0.2, -0.15) is 0 Å². The summed E-state index contributed by atoms with van der Waals surface area (Å²) >= 11 is 7.79. The van der Waals surface area contributed by atoms with Crippen LogP contribution in [0.15, 0.2) is 47.4 Å². The minimum Gasteiger partial charge on any atom is -0.322 e. The molecule has 23 heavy (non-hydrogen) atoms. The number of nitrogens with zero attached hydrogens (tertiary/aromatic N) is 1. The molecular weight excluding hydrogens is 330 g/mol. The third-order valence-electron chi connectivity index (χ3n) is 3.58. The lowest BCUT2D eigenvalue weighted by molar-refractivity contribution is 0.916. The Hall–Kier alpha value is -1.82. The smallest absolute Gasteiger partial charge is 0.251 e. The highest BCUT2D eigenvalue weighted by molar-refractivity contribution is 7.96. The van der Waals surface area contributed by atoms with Crippen LogP contribution in [-0.4, -0.2) is 16.2 Å². The van der Waals surface area contributed by atoms with Crippen LogP contribution in [0, 0.1) is 0 Å². The number of rotatable bonds is 5. The molecule has 6 heteroatoms. The molecule has 2 heterocycles. The Bertz CT molecular complexity index is 894. The Balaban J connectivity index is 1.88. The number of aromatic amines is 1. The van der Waals surface area contributed by atoms with Crippen molar-refractivity contribution in [3.63, 3.8) is 0 Å². The molecule has 0 aliphatic carbocycles. The van der Waals surface area contributed by atoms with Crippen LogP contribution in [0.5, 0.6) is 0 Å². The van der Waals surface area contributed by atoms with Gasteiger partial charge in [-0.3, -0.25) is 14.5 Å². The molecule has 2 aromatic heterocycles. The molecule has 1 aromatic carbocycles. The van der Waals surface area contributed by atoms with Gasteiger partial charge in [-0.05, 0) is 35.4 Å². The third kappa shape index (κ3) is 3.75. The van der Waals surface area contributed by atoms with E-state index in [0.717, 1.165) is 22.2 Å². The molecular formula is C17H16ClN3OS. The predicted molar refractivity (Wildman–Crippen MR) is 97.0 cm³/mol. The largest absolute Gasteiger partial charge is 0.322 e. The number of nitrogens with one attached hydrogen (secondary N) is 2. The predicted octanol–water partition coefficient (Wildman–Crippen LogP) is 3.53. The number of halogens is 1. The van der Waals surface area contributed by atoms with Crippen molar-refractivity contribution >= 4 is 34.5 Å². The molecule has 4 nitrogen and oxygen atoms in total. The molecule has 3 aromatic rings. The molecule has 0 bridgehead atoms. The summed E-state index contributed by atoms with van der Waals surface area (Å²) in [5.41, 5.74) is 3.20. The van der Waals surface area contributed by atoms with Gasteiger partial charge in [0.25, 0.3) is 5.56 Å². The standard InChI is InChI=1S/C17H16ClN3OS/c1-23-20-10-16-14(18)7-11(9-19-16)6-13-8-12-4-2-3-5-15(12)21-17(13)22/h2-5,7-9,20H,6,10H2,1H3,(H,21,22). The lowest BCUT2D eigenvalue weighted by Crippen LogP contribution is -2.13. The van der Waals surface area contributed by atoms with Gasteiger partial charge in [-0.25, -0.2) is 0 Å². The van der Waals surface area contributed by atoms with Gasteiger partial charge in [-0.15, -0.1) is 0 Å². The van der Waals surface area contributed by atoms with E-state index in [1.165, 1.54) is 11.9 Å². The number of aromatic nitrogens is 2. The van der Waals surface area contributed by atoms with Crippen LogP contribution in [0.3, 0.4) is 0 Å². The van der Waals surface area contributed by atoms with E-state index in [9.17, 15) is 4.79 Å². The number of benzene rings is 1. The fourth-order valence-corrected chi connectivity index (χ4v) is 2.95. The van der Waals surface area contributed by atoms with Crippen molar-refractivity contribution < 1.29 is 0 Å². The number of hydrogen-bond donors (Lipinski definition) is 2. The highest BCUT2D eigenvalue weighted by Gasteiger charge is 2.07. The summed E-state index contributed by atoms with van der Waals surface area (Å²) in [6.07, 6.45) is 4.23. The van der Waals surface area contributed by atoms with Crippen molar-refractivity contribution in [2.24, 2.45) is 0 Å². The summed E-state index contributed by atoms with van der Waals surface area (Å²) in [5.74, 6) is 0. The van der Waals surface area contributed by atoms with Gasteiger partial charge in [0, 0.05) is 30.2 Å². The van der Waals surface area contributed by atoms with Gasteiger partial charge in [0.05, 0.1) is 10.7 Å². The number of pyridine rings is 2. The molecule has 0 radical (unpaired) electrons. The van der Waals surface area contributed by atoms with Crippen LogP contribution < -0.4 is 10.3 Å². The van der Waals surface area contributed by atoms with Gasteiger partial charge in [0.2, 0.25) is 0 Å². The Morgan fingerprint density at radius 1 is 1.30 bits per heavy atom. The fraction of sp³-hybridized carbons (Fsp3) is 0.176. The topological polar surface area (TPSA) is 57.8 Å². The number of hydrogen-bond acceptors (Lipinski definition) is 4. The summed E-state index contributed by atoms with van der Waals surface area (Å²) in [4.78, 5) is 19.5. The SMILES string of the molecule is CSNCc1ncc(Cc2cc3ccccc3[nH]c2=O)cc1Cl. The Morgan fingerprint density at radius 3 is 2.91 bits per heavy atom. The zero-order valence-electron chi connectivity index (χ0n) is 12.6. The molecule has 0 spiro atoms. The maximum absolute atomic E-state index is 12.2. The Kier molecular flexibility index (Phi) is 5.00. The molecule has 0 atom stereocenters. The lowest BCUT2D eigenvalue weighted by Gasteiger charge is -2.07. The molecule has 0 saturated carbocycles. The minimum atomic E-state index is -0.0760. The number of H-pyrrole nitrogens is 1. The molecule has 0 unspecified atom stereocenters. The van der Waals surface area contributed by atoms with Crippen molar-refractivity contribution in [3.05, 3.63) is 74.8 Å². The second-order valence-electron chi connectivity index (χ2n) is 5.19. The first-order chi connectivity index (χ1) is 11.2. The van der Waals surface area contributed by atoms with Crippen LogP contribution in [0.25, 0.3) is 10.9 Å². The zero-order chi connectivity index (χ0) is 16.2. The molecule has 0 aliphatic heterocycles. The van der Waals surface area contributed by atoms with E-state index in [1.807, 2.05) is 42.7 Å². The molecule has 3 rings (SSSR count). The van der Waals surface area contributed by atoms with Crippen LogP contribution in [0.4, 0.5) is 0 Å². The van der Waals surface area contributed by atoms with E-state index in [1.54, 1.807) is 6.20 Å². The van der Waals surface area contributed by atoms with Crippen molar-refractivity contribution in [1.29, 1.82) is 0 Å². The Labute approximate surface area is 143 Å². The van der Waals surface area contributed by atoms with E-state index in [2.05, 4.69) is 14.7 Å². The lowest BCUT2D eigenvalue weighted by atomic mass is 10.1. The second-order valence-corrected chi connectivity index (χ2v) is 6.29. The van der Waals surface area contributed by atoms with E-state index < -0.39 is 0 Å². The average molecular weight is 346 g/mol. The molecule has 0 saturated heterocycles. The normalized spacial score (nSPS) is 11.0. The van der Waals surface area contributed by atoms with Crippen LogP contribution in [0.2, 0.25) is 5.02 Å². The van der Waals surface area contributed by atoms with Gasteiger partial charge in [0.15, 0.2) is 0 Å². The molecule has 0 amide bonds. The first-order valence-electron chi connectivity index (χ1n) is 7.17. The highest BCUT2D eigenvalue weighted by atomic mass is 35.5. The summed E-state index contributed by atoms with van der Waals surface area (Å²) in [6.45, 7) is 0.608. The Morgan fingerprint density at radius 2 is 2.13 bits per heavy atom. The first-order valence-corrected chi connectivity index (χ1v) is 8.77. The highest BCUT2D eigenvalue weighted by Crippen LogP contribution is 2.18. The summed E-state index contributed by atoms with van der Waals surface area (Å²) in [6, 6.07) is 11.5. The van der Waals surface area contributed by atoms with Crippen molar-refractivity contribution in [3.8, 4) is 0 Å². The second kappa shape index (κ2) is 7.17. The monoisotopic (exact) mass is 345 g/mol. The van der Waals surface area contributed by atoms with Gasteiger partial charge < -0.3 is 4.98 Å². The zero-order valence-corrected chi connectivity index (χ0v) is 14.2. The van der Waals surface area contributed by atoms with E-state index in [4.69, 9.17) is 11.6 Å². The number of fused-ring (bicyclic) bond motifs is 1. The fourth-order valence-electron chi connectivity index (χ4n) is 2.42. The van der Waals surface area contributed by atoms with Gasteiger partial charge in [0.1, 0.15) is 0 Å². The van der Waals surface area contributed by atoms with Crippen LogP contribution >= 0.6 is 23.5 Å². The average Bonchev–Trinajstić information content (AvgIpc) is 2.55. The van der Waals surface area contributed by atoms with Gasteiger partial charge >= 0.3 is 0 Å². The van der Waals surface area contributed by atoms with Crippen molar-refractivity contribution in [2.45, 2.75) is 13.0 Å². The van der Waals surface area contributed by atoms with Gasteiger partial charge in [-0.1, -0.05) is 41.7 Å². The quantitative estimate of drug-likeness (QED) is 0.694. The molecule has 0 aliphatic rings. The molecule has 118 valence electrons. The third-order valence-corrected chi connectivity index (χ3v) is 4.34. The minimum absolute atomic E-state index is 0.0760. The van der Waals surface area contributed by atoms with E-state index in [0.29, 0.717) is 23.6 Å². The maximum Gasteiger partial charge on any atom is 0.251 e. The summed E-state index contributed by atoms with van der Waals surface area (Å²) in [5, 5.41) is 1.63. The molecule has 2 N–H and O–H groups in total. The van der Waals surface area contributed by atoms with Crippen LogP contribution in [0.1, 0.15) is 16.8 Å². The van der Waals surface area contributed by atoms with Crippen molar-refractivity contribution in [2.75, 3.05) is 6.26 Å². The molecule has 0 fully saturated rings.